The Morgan fingerprint density at radius 2 is 1.78 bits per heavy atom. The number of hydrogen-bond acceptors (Lipinski definition) is 7. The summed E-state index contributed by atoms with van der Waals surface area (Å²) in [6.07, 6.45) is 4.09. The molecule has 1 aliphatic carbocycles. The van der Waals surface area contributed by atoms with Crippen molar-refractivity contribution in [1.82, 2.24) is 14.7 Å². The molecule has 37 heavy (non-hydrogen) atoms. The van der Waals surface area contributed by atoms with Crippen LogP contribution in [0.5, 0.6) is 11.5 Å². The Hall–Kier alpha value is -2.97. The van der Waals surface area contributed by atoms with E-state index in [2.05, 4.69) is 40.0 Å². The Kier molecular flexibility index (Phi) is 8.05. The molecule has 8 heteroatoms. The lowest BCUT2D eigenvalue weighted by Gasteiger charge is -2.36. The highest BCUT2D eigenvalue weighted by molar-refractivity contribution is 7.99. The number of para-hydroxylation sites is 1. The van der Waals surface area contributed by atoms with Crippen molar-refractivity contribution in [1.29, 1.82) is 0 Å². The minimum Gasteiger partial charge on any atom is -0.494 e. The van der Waals surface area contributed by atoms with Gasteiger partial charge in [-0.2, -0.15) is 9.78 Å². The van der Waals surface area contributed by atoms with Gasteiger partial charge in [0.2, 0.25) is 5.75 Å². The summed E-state index contributed by atoms with van der Waals surface area (Å²) in [7, 11) is 0. The third kappa shape index (κ3) is 6.48. The van der Waals surface area contributed by atoms with Crippen LogP contribution in [0.4, 0.5) is 5.69 Å². The molecule has 5 rings (SSSR count). The van der Waals surface area contributed by atoms with E-state index < -0.39 is 0 Å². The topological polar surface area (TPSA) is 59.8 Å². The zero-order chi connectivity index (χ0) is 25.7. The summed E-state index contributed by atoms with van der Waals surface area (Å²) in [4.78, 5) is 19.5. The first kappa shape index (κ1) is 25.7. The van der Waals surface area contributed by atoms with Crippen molar-refractivity contribution in [3.05, 3.63) is 71.1 Å². The van der Waals surface area contributed by atoms with E-state index in [0.29, 0.717) is 19.0 Å². The molecule has 7 nitrogen and oxygen atoms in total. The van der Waals surface area contributed by atoms with Gasteiger partial charge < -0.3 is 14.4 Å². The summed E-state index contributed by atoms with van der Waals surface area (Å²) in [6, 6.07) is 17.8. The van der Waals surface area contributed by atoms with Gasteiger partial charge in [0.15, 0.2) is 0 Å². The molecule has 2 aliphatic rings. The Labute approximate surface area is 223 Å². The fourth-order valence-corrected chi connectivity index (χ4v) is 5.43. The first-order valence-corrected chi connectivity index (χ1v) is 14.2. The molecule has 2 heterocycles. The summed E-state index contributed by atoms with van der Waals surface area (Å²) in [6.45, 7) is 10.1. The predicted molar refractivity (Wildman–Crippen MR) is 150 cm³/mol. The van der Waals surface area contributed by atoms with Crippen LogP contribution < -0.4 is 19.9 Å². The molecule has 0 amide bonds. The third-order valence-electron chi connectivity index (χ3n) is 7.09. The molecule has 196 valence electrons. The van der Waals surface area contributed by atoms with Crippen molar-refractivity contribution in [3.63, 3.8) is 0 Å². The predicted octanol–water partition coefficient (Wildman–Crippen LogP) is 4.72. The van der Waals surface area contributed by atoms with Gasteiger partial charge in [-0.1, -0.05) is 31.2 Å². The molecule has 0 spiro atoms. The highest BCUT2D eigenvalue weighted by Gasteiger charge is 2.39. The van der Waals surface area contributed by atoms with Gasteiger partial charge in [-0.3, -0.25) is 9.69 Å². The van der Waals surface area contributed by atoms with Gasteiger partial charge in [0, 0.05) is 48.8 Å². The van der Waals surface area contributed by atoms with E-state index in [0.717, 1.165) is 68.4 Å². The molecule has 2 aromatic carbocycles. The molecule has 1 aliphatic heterocycles. The molecule has 1 aromatic heterocycles. The van der Waals surface area contributed by atoms with Crippen LogP contribution in [0, 0.1) is 5.41 Å². The zero-order valence-corrected chi connectivity index (χ0v) is 22.6. The average molecular weight is 521 g/mol. The van der Waals surface area contributed by atoms with Crippen LogP contribution in [0.3, 0.4) is 0 Å². The Morgan fingerprint density at radius 3 is 2.51 bits per heavy atom. The summed E-state index contributed by atoms with van der Waals surface area (Å²) < 4.78 is 13.3. The lowest BCUT2D eigenvalue weighted by atomic mass is 10.2. The van der Waals surface area contributed by atoms with Crippen LogP contribution in [0.1, 0.15) is 26.7 Å². The molecule has 0 bridgehead atoms. The minimum atomic E-state index is -0.193. The zero-order valence-electron chi connectivity index (χ0n) is 21.8. The summed E-state index contributed by atoms with van der Waals surface area (Å²) in [5, 5.41) is 4.52. The van der Waals surface area contributed by atoms with Gasteiger partial charge in [-0.25, -0.2) is 0 Å². The maximum Gasteiger partial charge on any atom is 0.316 e. The Balaban J connectivity index is 1.22. The summed E-state index contributed by atoms with van der Waals surface area (Å²) >= 11 is 1.86. The van der Waals surface area contributed by atoms with E-state index in [9.17, 15) is 4.79 Å². The number of ether oxygens (including phenoxy) is 2. The van der Waals surface area contributed by atoms with Gasteiger partial charge in [0.05, 0.1) is 25.1 Å². The fourth-order valence-electron chi connectivity index (χ4n) is 4.47. The van der Waals surface area contributed by atoms with Crippen molar-refractivity contribution in [2.24, 2.45) is 5.41 Å². The second-order valence-electron chi connectivity index (χ2n) is 10.1. The third-order valence-corrected chi connectivity index (χ3v) is 8.06. The first-order chi connectivity index (χ1) is 18.0. The van der Waals surface area contributed by atoms with Crippen molar-refractivity contribution in [3.8, 4) is 17.2 Å². The number of aromatic nitrogens is 2. The van der Waals surface area contributed by atoms with Crippen molar-refractivity contribution >= 4 is 17.4 Å². The average Bonchev–Trinajstić information content (AvgIpc) is 3.66. The van der Waals surface area contributed by atoms with Crippen molar-refractivity contribution in [2.45, 2.75) is 31.6 Å². The van der Waals surface area contributed by atoms with Crippen LogP contribution in [0.15, 0.2) is 70.5 Å². The van der Waals surface area contributed by atoms with Gasteiger partial charge in [-0.15, -0.1) is 11.8 Å². The molecule has 1 saturated carbocycles. The molecule has 0 N–H and O–H groups in total. The van der Waals surface area contributed by atoms with E-state index in [1.165, 1.54) is 9.58 Å². The van der Waals surface area contributed by atoms with Gasteiger partial charge >= 0.3 is 5.56 Å². The normalized spacial score (nSPS) is 17.0. The van der Waals surface area contributed by atoms with Crippen LogP contribution in [0.2, 0.25) is 0 Å². The fraction of sp³-hybridized carbons (Fsp3) is 0.448. The van der Waals surface area contributed by atoms with Crippen LogP contribution >= 0.6 is 11.8 Å². The number of rotatable bonds is 11. The number of hydrogen-bond donors (Lipinski definition) is 0. The number of anilines is 1. The van der Waals surface area contributed by atoms with Crippen LogP contribution in [0.25, 0.3) is 5.69 Å². The molecule has 3 aromatic rings. The Morgan fingerprint density at radius 1 is 1.00 bits per heavy atom. The second-order valence-corrected chi connectivity index (χ2v) is 11.3. The SMILES string of the molecule is CCOc1cccc(SCCN2CCN(c3cnn(-c4ccccc4)c(=O)c3OCC3(C)CC3)CC2)c1. The number of nitrogens with zero attached hydrogens (tertiary/aromatic N) is 4. The van der Waals surface area contributed by atoms with E-state index in [1.807, 2.05) is 55.1 Å². The van der Waals surface area contributed by atoms with E-state index in [-0.39, 0.29) is 11.0 Å². The molecular formula is C29H36N4O3S. The van der Waals surface area contributed by atoms with Crippen molar-refractivity contribution < 1.29 is 9.47 Å². The maximum atomic E-state index is 13.5. The molecular weight excluding hydrogens is 484 g/mol. The van der Waals surface area contributed by atoms with E-state index in [4.69, 9.17) is 9.47 Å². The summed E-state index contributed by atoms with van der Waals surface area (Å²) in [5.74, 6) is 2.37. The number of benzene rings is 2. The molecule has 0 unspecified atom stereocenters. The van der Waals surface area contributed by atoms with Gasteiger partial charge in [0.1, 0.15) is 11.4 Å². The Bertz CT molecular complexity index is 1240. The van der Waals surface area contributed by atoms with Gasteiger partial charge in [-0.05, 0) is 50.1 Å². The first-order valence-electron chi connectivity index (χ1n) is 13.2. The highest BCUT2D eigenvalue weighted by atomic mass is 32.2. The maximum absolute atomic E-state index is 13.5. The monoisotopic (exact) mass is 520 g/mol. The second kappa shape index (κ2) is 11.6. The summed E-state index contributed by atoms with van der Waals surface area (Å²) in [5.41, 5.74) is 1.54. The van der Waals surface area contributed by atoms with Crippen molar-refractivity contribution in [2.75, 3.05) is 56.6 Å². The smallest absolute Gasteiger partial charge is 0.316 e. The lowest BCUT2D eigenvalue weighted by Crippen LogP contribution is -2.47. The van der Waals surface area contributed by atoms with Crippen LogP contribution in [-0.2, 0) is 0 Å². The van der Waals surface area contributed by atoms with E-state index in [1.54, 1.807) is 6.20 Å². The minimum absolute atomic E-state index is 0.184. The van der Waals surface area contributed by atoms with Gasteiger partial charge in [0.25, 0.3) is 0 Å². The van der Waals surface area contributed by atoms with Crippen LogP contribution in [-0.4, -0.2) is 66.4 Å². The quantitative estimate of drug-likeness (QED) is 0.339. The molecule has 2 fully saturated rings. The van der Waals surface area contributed by atoms with E-state index >= 15 is 0 Å². The highest BCUT2D eigenvalue weighted by Crippen LogP contribution is 2.45. The molecule has 0 atom stereocenters. The lowest BCUT2D eigenvalue weighted by molar-refractivity contribution is 0.240. The number of thioether (sulfide) groups is 1. The molecule has 1 saturated heterocycles. The molecule has 0 radical (unpaired) electrons. The largest absolute Gasteiger partial charge is 0.494 e. The number of piperazine rings is 1. The standard InChI is InChI=1S/C29H36N4O3S/c1-3-35-24-10-7-11-25(20-24)37-19-18-31-14-16-32(17-15-31)26-21-30-33(23-8-5-4-6-9-23)28(34)27(26)36-22-29(2)12-13-29/h4-11,20-21H,3,12-19,22H2,1-2H3.